The molecule has 142 valence electrons. The van der Waals surface area contributed by atoms with Crippen LogP contribution in [0, 0.1) is 0 Å². The van der Waals surface area contributed by atoms with E-state index in [0.717, 1.165) is 22.5 Å². The van der Waals surface area contributed by atoms with Crippen LogP contribution >= 0.6 is 0 Å². The second-order valence-corrected chi connectivity index (χ2v) is 7.31. The Kier molecular flexibility index (Phi) is 4.93. The Balaban J connectivity index is 1.67. The molecule has 1 nitrogen and oxygen atoms in total. The monoisotopic (exact) mass is 383 g/mol. The third-order valence-corrected chi connectivity index (χ3v) is 5.27. The maximum Gasteiger partial charge on any atom is 0.0715 e. The molecule has 0 bridgehead atoms. The normalized spacial score (nSPS) is 10.7. The van der Waals surface area contributed by atoms with Gasteiger partial charge in [0.1, 0.15) is 0 Å². The van der Waals surface area contributed by atoms with Crippen molar-refractivity contribution >= 4 is 0 Å². The lowest BCUT2D eigenvalue weighted by molar-refractivity contribution is 1.32. The fraction of sp³-hybridized carbons (Fsp3) is 0. The van der Waals surface area contributed by atoms with Crippen molar-refractivity contribution in [1.82, 2.24) is 4.98 Å². The molecule has 0 saturated heterocycles. The number of hydrogen-bond donors (Lipinski definition) is 0. The highest BCUT2D eigenvalue weighted by atomic mass is 14.7. The topological polar surface area (TPSA) is 12.9 Å². The van der Waals surface area contributed by atoms with Gasteiger partial charge in [0, 0.05) is 11.1 Å². The van der Waals surface area contributed by atoms with Crippen molar-refractivity contribution in [1.29, 1.82) is 0 Å². The molecule has 0 aliphatic heterocycles. The summed E-state index contributed by atoms with van der Waals surface area (Å²) in [6.45, 7) is 0. The zero-order chi connectivity index (χ0) is 20.2. The average Bonchev–Trinajstić information content (AvgIpc) is 2.85. The number of aromatic nitrogens is 1. The second kappa shape index (κ2) is 8.18. The van der Waals surface area contributed by atoms with E-state index in [9.17, 15) is 0 Å². The van der Waals surface area contributed by atoms with Crippen LogP contribution in [0.1, 0.15) is 0 Å². The first-order valence-corrected chi connectivity index (χ1v) is 10.2. The zero-order valence-electron chi connectivity index (χ0n) is 16.6. The van der Waals surface area contributed by atoms with Gasteiger partial charge in [0.25, 0.3) is 0 Å². The molecule has 0 fully saturated rings. The van der Waals surface area contributed by atoms with E-state index in [4.69, 9.17) is 4.98 Å². The van der Waals surface area contributed by atoms with E-state index in [1.807, 2.05) is 18.2 Å². The number of nitrogens with zero attached hydrogens (tertiary/aromatic N) is 1. The molecule has 0 N–H and O–H groups in total. The summed E-state index contributed by atoms with van der Waals surface area (Å²) < 4.78 is 0. The van der Waals surface area contributed by atoms with Gasteiger partial charge in [-0.2, -0.15) is 0 Å². The zero-order valence-corrected chi connectivity index (χ0v) is 16.6. The number of pyridine rings is 1. The minimum atomic E-state index is 0.980. The van der Waals surface area contributed by atoms with Gasteiger partial charge in [0.2, 0.25) is 0 Å². The van der Waals surface area contributed by atoms with E-state index < -0.39 is 0 Å². The first kappa shape index (κ1) is 18.1. The molecule has 1 heteroatoms. The van der Waals surface area contributed by atoms with Gasteiger partial charge in [-0.1, -0.05) is 109 Å². The molecular weight excluding hydrogens is 362 g/mol. The minimum Gasteiger partial charge on any atom is -0.248 e. The molecule has 0 atom stereocenters. The molecule has 0 radical (unpaired) electrons. The van der Waals surface area contributed by atoms with Crippen LogP contribution in [-0.4, -0.2) is 4.98 Å². The third kappa shape index (κ3) is 3.78. The van der Waals surface area contributed by atoms with Gasteiger partial charge < -0.3 is 0 Å². The summed E-state index contributed by atoms with van der Waals surface area (Å²) >= 11 is 0. The molecule has 30 heavy (non-hydrogen) atoms. The van der Waals surface area contributed by atoms with Crippen molar-refractivity contribution in [2.45, 2.75) is 0 Å². The van der Waals surface area contributed by atoms with Crippen molar-refractivity contribution in [2.24, 2.45) is 0 Å². The molecule has 1 heterocycles. The maximum atomic E-state index is 5.03. The Morgan fingerprint density at radius 2 is 0.733 bits per heavy atom. The van der Waals surface area contributed by atoms with E-state index >= 15 is 0 Å². The first-order valence-electron chi connectivity index (χ1n) is 10.2. The standard InChI is InChI=1S/C29H21N/c1-4-11-22(12-5-1)25-17-10-18-26(19-25)29-21-27(23-13-6-2-7-14-23)20-28(30-29)24-15-8-3-9-16-24/h1-21H. The number of hydrogen-bond acceptors (Lipinski definition) is 1. The third-order valence-electron chi connectivity index (χ3n) is 5.27. The molecule has 4 aromatic carbocycles. The van der Waals surface area contributed by atoms with Gasteiger partial charge in [0.15, 0.2) is 0 Å². The molecule has 0 amide bonds. The van der Waals surface area contributed by atoms with Crippen LogP contribution in [0.2, 0.25) is 0 Å². The van der Waals surface area contributed by atoms with Gasteiger partial charge in [-0.15, -0.1) is 0 Å². The highest BCUT2D eigenvalue weighted by Crippen LogP contribution is 2.31. The molecule has 5 aromatic rings. The lowest BCUT2D eigenvalue weighted by Gasteiger charge is -2.11. The number of benzene rings is 4. The lowest BCUT2D eigenvalue weighted by Crippen LogP contribution is -1.91. The highest BCUT2D eigenvalue weighted by molar-refractivity contribution is 5.78. The molecule has 0 saturated carbocycles. The lowest BCUT2D eigenvalue weighted by atomic mass is 9.98. The Labute approximate surface area is 177 Å². The fourth-order valence-electron chi connectivity index (χ4n) is 3.72. The summed E-state index contributed by atoms with van der Waals surface area (Å²) in [5, 5.41) is 0. The van der Waals surface area contributed by atoms with E-state index in [0.29, 0.717) is 0 Å². The quantitative estimate of drug-likeness (QED) is 0.309. The smallest absolute Gasteiger partial charge is 0.0715 e. The molecule has 0 unspecified atom stereocenters. The van der Waals surface area contributed by atoms with Crippen molar-refractivity contribution in [3.05, 3.63) is 127 Å². The summed E-state index contributed by atoms with van der Waals surface area (Å²) in [6.07, 6.45) is 0. The van der Waals surface area contributed by atoms with Crippen LogP contribution in [-0.2, 0) is 0 Å². The molecule has 0 spiro atoms. The van der Waals surface area contributed by atoms with E-state index in [2.05, 4.69) is 109 Å². The van der Waals surface area contributed by atoms with E-state index in [1.54, 1.807) is 0 Å². The summed E-state index contributed by atoms with van der Waals surface area (Å²) in [7, 11) is 0. The Morgan fingerprint density at radius 3 is 1.33 bits per heavy atom. The van der Waals surface area contributed by atoms with Crippen LogP contribution < -0.4 is 0 Å². The predicted octanol–water partition coefficient (Wildman–Crippen LogP) is 7.75. The van der Waals surface area contributed by atoms with Crippen molar-refractivity contribution < 1.29 is 0 Å². The number of rotatable bonds is 4. The van der Waals surface area contributed by atoms with Crippen LogP contribution in [0.5, 0.6) is 0 Å². The largest absolute Gasteiger partial charge is 0.248 e. The summed E-state index contributed by atoms with van der Waals surface area (Å²) in [5.74, 6) is 0. The average molecular weight is 383 g/mol. The van der Waals surface area contributed by atoms with Gasteiger partial charge in [-0.05, 0) is 40.5 Å². The second-order valence-electron chi connectivity index (χ2n) is 7.31. The Morgan fingerprint density at radius 1 is 0.300 bits per heavy atom. The van der Waals surface area contributed by atoms with Crippen LogP contribution in [0.25, 0.3) is 44.8 Å². The summed E-state index contributed by atoms with van der Waals surface area (Å²) in [5.41, 5.74) is 8.97. The van der Waals surface area contributed by atoms with Crippen LogP contribution in [0.4, 0.5) is 0 Å². The molecule has 0 aliphatic rings. The van der Waals surface area contributed by atoms with Crippen molar-refractivity contribution in [2.75, 3.05) is 0 Å². The van der Waals surface area contributed by atoms with Gasteiger partial charge >= 0.3 is 0 Å². The van der Waals surface area contributed by atoms with Gasteiger partial charge in [0.05, 0.1) is 11.4 Å². The fourth-order valence-corrected chi connectivity index (χ4v) is 3.72. The molecule has 5 rings (SSSR count). The predicted molar refractivity (Wildman–Crippen MR) is 126 cm³/mol. The maximum absolute atomic E-state index is 5.03. The summed E-state index contributed by atoms with van der Waals surface area (Å²) in [6, 6.07) is 44.3. The Bertz CT molecular complexity index is 1200. The first-order chi connectivity index (χ1) is 14.9. The minimum absolute atomic E-state index is 0.980. The molecule has 0 aliphatic carbocycles. The van der Waals surface area contributed by atoms with Gasteiger partial charge in [-0.25, -0.2) is 4.98 Å². The van der Waals surface area contributed by atoms with Crippen LogP contribution in [0.15, 0.2) is 127 Å². The SMILES string of the molecule is c1ccc(-c2cccc(-c3cc(-c4ccccc4)cc(-c4ccccc4)n3)c2)cc1. The van der Waals surface area contributed by atoms with E-state index in [1.165, 1.54) is 22.3 Å². The molecule has 1 aromatic heterocycles. The van der Waals surface area contributed by atoms with E-state index in [-0.39, 0.29) is 0 Å². The highest BCUT2D eigenvalue weighted by Gasteiger charge is 2.09. The summed E-state index contributed by atoms with van der Waals surface area (Å²) in [4.78, 5) is 5.03. The Hall–Kier alpha value is -3.97. The van der Waals surface area contributed by atoms with Crippen LogP contribution in [0.3, 0.4) is 0 Å². The van der Waals surface area contributed by atoms with Crippen molar-refractivity contribution in [3.8, 4) is 44.8 Å². The molecular formula is C29H21N. The van der Waals surface area contributed by atoms with Gasteiger partial charge in [-0.3, -0.25) is 0 Å². The van der Waals surface area contributed by atoms with Crippen molar-refractivity contribution in [3.63, 3.8) is 0 Å².